The molecule has 0 bridgehead atoms. The van der Waals surface area contributed by atoms with Crippen LogP contribution in [0, 0.1) is 13.8 Å². The summed E-state index contributed by atoms with van der Waals surface area (Å²) in [5, 5.41) is 10.1. The van der Waals surface area contributed by atoms with Gasteiger partial charge in [-0.15, -0.1) is 0 Å². The van der Waals surface area contributed by atoms with Crippen LogP contribution in [0.3, 0.4) is 0 Å². The van der Waals surface area contributed by atoms with Crippen molar-refractivity contribution in [1.29, 1.82) is 0 Å². The third-order valence-corrected chi connectivity index (χ3v) is 4.61. The predicted molar refractivity (Wildman–Crippen MR) is 102 cm³/mol. The molecule has 136 valence electrons. The Labute approximate surface area is 151 Å². The van der Waals surface area contributed by atoms with Crippen LogP contribution in [0.2, 0.25) is 0 Å². The van der Waals surface area contributed by atoms with Gasteiger partial charge >= 0.3 is 0 Å². The quantitative estimate of drug-likeness (QED) is 0.651. The second kappa shape index (κ2) is 6.67. The first-order chi connectivity index (χ1) is 12.4. The van der Waals surface area contributed by atoms with Gasteiger partial charge in [0.15, 0.2) is 5.65 Å². The van der Waals surface area contributed by atoms with E-state index < -0.39 is 5.91 Å². The Balaban J connectivity index is 2.36. The smallest absolute Gasteiger partial charge is 0.254 e. The van der Waals surface area contributed by atoms with Crippen molar-refractivity contribution < 1.29 is 9.90 Å². The first kappa shape index (κ1) is 17.7. The molecule has 2 heterocycles. The molecular formula is C19H23N5O2. The second-order valence-electron chi connectivity index (χ2n) is 6.47. The number of primary amides is 1. The van der Waals surface area contributed by atoms with E-state index in [0.29, 0.717) is 22.4 Å². The number of carbonyl (C=O) groups excluding carboxylic acids is 1. The van der Waals surface area contributed by atoms with Crippen LogP contribution in [-0.4, -0.2) is 25.5 Å². The Morgan fingerprint density at radius 1 is 1.31 bits per heavy atom. The summed E-state index contributed by atoms with van der Waals surface area (Å²) in [6.07, 6.45) is 4.49. The van der Waals surface area contributed by atoms with Gasteiger partial charge in [0.2, 0.25) is 0 Å². The maximum absolute atomic E-state index is 12.1. The van der Waals surface area contributed by atoms with Crippen LogP contribution in [0.5, 0.6) is 5.75 Å². The second-order valence-corrected chi connectivity index (χ2v) is 6.47. The minimum absolute atomic E-state index is 0.139. The molecule has 7 heteroatoms. The predicted octanol–water partition coefficient (Wildman–Crippen LogP) is 2.77. The Kier molecular flexibility index (Phi) is 4.54. The number of fused-ring (bicyclic) bond motifs is 1. The van der Waals surface area contributed by atoms with Crippen LogP contribution < -0.4 is 11.5 Å². The molecule has 0 aliphatic rings. The number of amides is 1. The number of unbranched alkanes of at least 4 members (excludes halogenated alkanes) is 1. The van der Waals surface area contributed by atoms with E-state index in [-0.39, 0.29) is 17.1 Å². The largest absolute Gasteiger partial charge is 0.508 e. The van der Waals surface area contributed by atoms with Crippen LogP contribution >= 0.6 is 0 Å². The first-order valence-corrected chi connectivity index (χ1v) is 8.61. The average molecular weight is 353 g/mol. The molecule has 0 atom stereocenters. The van der Waals surface area contributed by atoms with Crippen molar-refractivity contribution in [3.05, 3.63) is 40.7 Å². The van der Waals surface area contributed by atoms with Gasteiger partial charge in [-0.2, -0.15) is 0 Å². The highest BCUT2D eigenvalue weighted by molar-refractivity contribution is 6.09. The Hall–Kier alpha value is -3.09. The summed E-state index contributed by atoms with van der Waals surface area (Å²) in [4.78, 5) is 21.2. The van der Waals surface area contributed by atoms with Crippen molar-refractivity contribution in [3.8, 4) is 11.4 Å². The maximum atomic E-state index is 12.1. The lowest BCUT2D eigenvalue weighted by atomic mass is 10.1. The molecule has 0 spiro atoms. The van der Waals surface area contributed by atoms with E-state index in [2.05, 4.69) is 16.9 Å². The number of rotatable bonds is 5. The van der Waals surface area contributed by atoms with Crippen molar-refractivity contribution >= 4 is 22.9 Å². The third kappa shape index (κ3) is 2.75. The number of aromatic hydroxyl groups is 1. The fraction of sp³-hybridized carbons (Fsp3) is 0.316. The lowest BCUT2D eigenvalue weighted by Gasteiger charge is -2.15. The van der Waals surface area contributed by atoms with Crippen LogP contribution in [0.1, 0.15) is 46.9 Å². The molecule has 2 aromatic heterocycles. The average Bonchev–Trinajstić information content (AvgIpc) is 2.88. The molecule has 0 aliphatic carbocycles. The van der Waals surface area contributed by atoms with Crippen molar-refractivity contribution in [2.24, 2.45) is 5.73 Å². The van der Waals surface area contributed by atoms with E-state index in [1.54, 1.807) is 29.8 Å². The molecular weight excluding hydrogens is 330 g/mol. The van der Waals surface area contributed by atoms with Crippen LogP contribution in [-0.2, 0) is 6.42 Å². The summed E-state index contributed by atoms with van der Waals surface area (Å²) in [5.74, 6) is -0.333. The molecule has 0 radical (unpaired) electrons. The topological polar surface area (TPSA) is 120 Å². The zero-order valence-corrected chi connectivity index (χ0v) is 15.2. The molecule has 7 nitrogen and oxygen atoms in total. The minimum Gasteiger partial charge on any atom is -0.508 e. The monoisotopic (exact) mass is 353 g/mol. The first-order valence-electron chi connectivity index (χ1n) is 8.61. The molecule has 0 saturated heterocycles. The molecule has 0 aliphatic heterocycles. The van der Waals surface area contributed by atoms with E-state index in [4.69, 9.17) is 11.5 Å². The summed E-state index contributed by atoms with van der Waals surface area (Å²) in [6.45, 7) is 5.79. The van der Waals surface area contributed by atoms with Gasteiger partial charge in [0.25, 0.3) is 5.91 Å². The summed E-state index contributed by atoms with van der Waals surface area (Å²) >= 11 is 0. The number of phenols is 1. The van der Waals surface area contributed by atoms with E-state index in [1.165, 1.54) is 0 Å². The number of phenolic OH excluding ortho intramolecular Hbond substituents is 1. The van der Waals surface area contributed by atoms with Crippen molar-refractivity contribution in [2.45, 2.75) is 40.0 Å². The number of hydrogen-bond acceptors (Lipinski definition) is 5. The van der Waals surface area contributed by atoms with Crippen molar-refractivity contribution in [2.75, 3.05) is 5.73 Å². The number of carbonyl (C=O) groups is 1. The zero-order valence-electron chi connectivity index (χ0n) is 15.2. The SMILES string of the molecule is CCCCc1cnc2c(n1)c(C(N)=O)c(N)n2-c1c(C)ccc(O)c1C. The highest BCUT2D eigenvalue weighted by Gasteiger charge is 2.24. The number of nitrogens with two attached hydrogens (primary N) is 2. The van der Waals surface area contributed by atoms with E-state index >= 15 is 0 Å². The highest BCUT2D eigenvalue weighted by Crippen LogP contribution is 2.34. The minimum atomic E-state index is -0.649. The van der Waals surface area contributed by atoms with Gasteiger partial charge in [-0.05, 0) is 38.3 Å². The van der Waals surface area contributed by atoms with E-state index in [9.17, 15) is 9.90 Å². The summed E-state index contributed by atoms with van der Waals surface area (Å²) < 4.78 is 1.65. The normalized spacial score (nSPS) is 11.2. The molecule has 5 N–H and O–H groups in total. The number of aryl methyl sites for hydroxylation is 2. The fourth-order valence-electron chi connectivity index (χ4n) is 3.21. The standard InChI is InChI=1S/C19H23N5O2/c1-4-5-6-12-9-22-19-15(23-12)14(18(21)26)17(20)24(19)16-10(2)7-8-13(25)11(16)3/h7-9,25H,4-6,20H2,1-3H3,(H2,21,26). The Morgan fingerprint density at radius 2 is 2.04 bits per heavy atom. The number of nitrogens with zero attached hydrogens (tertiary/aromatic N) is 3. The molecule has 3 rings (SSSR count). The maximum Gasteiger partial charge on any atom is 0.254 e. The molecule has 0 unspecified atom stereocenters. The summed E-state index contributed by atoms with van der Waals surface area (Å²) in [5.41, 5.74) is 15.9. The molecule has 0 saturated carbocycles. The van der Waals surface area contributed by atoms with Crippen molar-refractivity contribution in [1.82, 2.24) is 14.5 Å². The number of nitrogen functional groups attached to an aromatic ring is 1. The van der Waals surface area contributed by atoms with E-state index in [0.717, 1.165) is 30.5 Å². The third-order valence-electron chi connectivity index (χ3n) is 4.61. The van der Waals surface area contributed by atoms with Gasteiger partial charge in [0, 0.05) is 5.56 Å². The van der Waals surface area contributed by atoms with Gasteiger partial charge in [-0.1, -0.05) is 19.4 Å². The summed E-state index contributed by atoms with van der Waals surface area (Å²) in [6, 6.07) is 3.41. The number of aromatic nitrogens is 3. The molecule has 1 amide bonds. The summed E-state index contributed by atoms with van der Waals surface area (Å²) in [7, 11) is 0. The lowest BCUT2D eigenvalue weighted by Crippen LogP contribution is -2.14. The number of hydrogen-bond donors (Lipinski definition) is 3. The molecule has 1 aromatic carbocycles. The Bertz CT molecular complexity index is 1010. The van der Waals surface area contributed by atoms with Gasteiger partial charge in [-0.3, -0.25) is 9.36 Å². The molecule has 3 aromatic rings. The van der Waals surface area contributed by atoms with Gasteiger partial charge in [-0.25, -0.2) is 9.97 Å². The van der Waals surface area contributed by atoms with Crippen molar-refractivity contribution in [3.63, 3.8) is 0 Å². The zero-order chi connectivity index (χ0) is 19.0. The highest BCUT2D eigenvalue weighted by atomic mass is 16.3. The lowest BCUT2D eigenvalue weighted by molar-refractivity contribution is 0.100. The van der Waals surface area contributed by atoms with E-state index in [1.807, 2.05) is 6.92 Å². The van der Waals surface area contributed by atoms with Gasteiger partial charge in [0.05, 0.1) is 17.6 Å². The Morgan fingerprint density at radius 3 is 2.69 bits per heavy atom. The van der Waals surface area contributed by atoms with Crippen LogP contribution in [0.25, 0.3) is 16.9 Å². The van der Waals surface area contributed by atoms with Crippen LogP contribution in [0.15, 0.2) is 18.3 Å². The fourth-order valence-corrected chi connectivity index (χ4v) is 3.21. The number of anilines is 1. The van der Waals surface area contributed by atoms with Gasteiger partial charge in [0.1, 0.15) is 22.6 Å². The number of benzene rings is 1. The molecule has 26 heavy (non-hydrogen) atoms. The van der Waals surface area contributed by atoms with Crippen LogP contribution in [0.4, 0.5) is 5.82 Å². The van der Waals surface area contributed by atoms with Gasteiger partial charge < -0.3 is 16.6 Å². The molecule has 0 fully saturated rings.